The number of halogens is 2. The van der Waals surface area contributed by atoms with Crippen LogP contribution in [0.25, 0.3) is 10.9 Å². The smallest absolute Gasteiger partial charge is 0.0507 e. The maximum Gasteiger partial charge on any atom is 0.0507 e. The van der Waals surface area contributed by atoms with Gasteiger partial charge < -0.3 is 9.88 Å². The molecule has 17 heavy (non-hydrogen) atoms. The molecule has 2 nitrogen and oxygen atoms in total. The van der Waals surface area contributed by atoms with E-state index in [1.807, 2.05) is 12.1 Å². The first-order valence-electron chi connectivity index (χ1n) is 5.66. The maximum atomic E-state index is 6.04. The lowest BCUT2D eigenvalue weighted by atomic mass is 10.2. The summed E-state index contributed by atoms with van der Waals surface area (Å²) in [7, 11) is 2.07. The van der Waals surface area contributed by atoms with Gasteiger partial charge in [-0.05, 0) is 28.1 Å². The first-order valence-corrected chi connectivity index (χ1v) is 6.83. The molecule has 0 aliphatic rings. The zero-order valence-electron chi connectivity index (χ0n) is 10.2. The van der Waals surface area contributed by atoms with Crippen molar-refractivity contribution in [2.45, 2.75) is 26.4 Å². The quantitative estimate of drug-likeness (QED) is 0.902. The summed E-state index contributed by atoms with van der Waals surface area (Å²) >= 11 is 9.71. The van der Waals surface area contributed by atoms with Crippen molar-refractivity contribution in [2.75, 3.05) is 0 Å². The second-order valence-corrected chi connectivity index (χ2v) is 5.75. The van der Waals surface area contributed by atoms with Crippen molar-refractivity contribution < 1.29 is 0 Å². The summed E-state index contributed by atoms with van der Waals surface area (Å²) in [6.45, 7) is 5.14. The first kappa shape index (κ1) is 12.9. The Bertz CT molecular complexity index is 546. The predicted octanol–water partition coefficient (Wildman–Crippen LogP) is 4.09. The number of rotatable bonds is 3. The molecule has 1 aromatic carbocycles. The second kappa shape index (κ2) is 5.01. The van der Waals surface area contributed by atoms with Gasteiger partial charge in [-0.15, -0.1) is 0 Å². The molecule has 4 heteroatoms. The van der Waals surface area contributed by atoms with Crippen LogP contribution in [0.2, 0.25) is 5.02 Å². The van der Waals surface area contributed by atoms with Crippen molar-refractivity contribution >= 4 is 38.4 Å². The number of hydrogen-bond donors (Lipinski definition) is 1. The number of nitrogens with one attached hydrogen (secondary N) is 1. The summed E-state index contributed by atoms with van der Waals surface area (Å²) in [5.41, 5.74) is 2.40. The Balaban J connectivity index is 2.49. The number of hydrogen-bond acceptors (Lipinski definition) is 1. The van der Waals surface area contributed by atoms with Crippen LogP contribution in [0.1, 0.15) is 19.5 Å². The number of aryl methyl sites for hydroxylation is 1. The van der Waals surface area contributed by atoms with E-state index >= 15 is 0 Å². The van der Waals surface area contributed by atoms with E-state index in [-0.39, 0.29) is 0 Å². The molecule has 0 saturated heterocycles. The highest BCUT2D eigenvalue weighted by molar-refractivity contribution is 9.10. The number of nitrogens with zero attached hydrogens (tertiary/aromatic N) is 1. The van der Waals surface area contributed by atoms with Crippen LogP contribution >= 0.6 is 27.5 Å². The number of aromatic nitrogens is 1. The molecule has 1 aromatic heterocycles. The summed E-state index contributed by atoms with van der Waals surface area (Å²) < 4.78 is 3.33. The molecule has 1 heterocycles. The Morgan fingerprint density at radius 3 is 2.76 bits per heavy atom. The zero-order chi connectivity index (χ0) is 12.6. The van der Waals surface area contributed by atoms with Gasteiger partial charge in [0.25, 0.3) is 0 Å². The van der Waals surface area contributed by atoms with E-state index in [1.165, 1.54) is 11.1 Å². The number of fused-ring (bicyclic) bond motifs is 1. The summed E-state index contributed by atoms with van der Waals surface area (Å²) in [6.07, 6.45) is 0. The lowest BCUT2D eigenvalue weighted by Crippen LogP contribution is -2.23. The Labute approximate surface area is 115 Å². The van der Waals surface area contributed by atoms with Crippen molar-refractivity contribution in [3.63, 3.8) is 0 Å². The predicted molar refractivity (Wildman–Crippen MR) is 77.6 cm³/mol. The minimum Gasteiger partial charge on any atom is -0.345 e. The fourth-order valence-corrected chi connectivity index (χ4v) is 2.82. The Morgan fingerprint density at radius 2 is 2.12 bits per heavy atom. The molecule has 0 bridgehead atoms. The van der Waals surface area contributed by atoms with Crippen molar-refractivity contribution in [1.82, 2.24) is 9.88 Å². The van der Waals surface area contributed by atoms with Gasteiger partial charge in [0.15, 0.2) is 0 Å². The molecule has 92 valence electrons. The average Bonchev–Trinajstić information content (AvgIpc) is 2.49. The molecule has 0 radical (unpaired) electrons. The van der Waals surface area contributed by atoms with Crippen LogP contribution in [0.15, 0.2) is 22.7 Å². The van der Waals surface area contributed by atoms with E-state index in [4.69, 9.17) is 11.6 Å². The third kappa shape index (κ3) is 2.51. The van der Waals surface area contributed by atoms with Gasteiger partial charge in [-0.1, -0.05) is 31.5 Å². The highest BCUT2D eigenvalue weighted by Crippen LogP contribution is 2.31. The van der Waals surface area contributed by atoms with Crippen LogP contribution in [0.4, 0.5) is 0 Å². The van der Waals surface area contributed by atoms with Crippen LogP contribution in [0.5, 0.6) is 0 Å². The van der Waals surface area contributed by atoms with Crippen molar-refractivity contribution in [2.24, 2.45) is 7.05 Å². The first-order chi connectivity index (χ1) is 8.00. The summed E-state index contributed by atoms with van der Waals surface area (Å²) in [6, 6.07) is 6.46. The Morgan fingerprint density at radius 1 is 1.41 bits per heavy atom. The monoisotopic (exact) mass is 314 g/mol. The van der Waals surface area contributed by atoms with E-state index in [9.17, 15) is 0 Å². The van der Waals surface area contributed by atoms with E-state index < -0.39 is 0 Å². The average molecular weight is 316 g/mol. The minimum absolute atomic E-state index is 0.475. The van der Waals surface area contributed by atoms with Gasteiger partial charge in [0.2, 0.25) is 0 Å². The van der Waals surface area contributed by atoms with Crippen molar-refractivity contribution in [3.8, 4) is 0 Å². The van der Waals surface area contributed by atoms with Crippen molar-refractivity contribution in [3.05, 3.63) is 33.4 Å². The van der Waals surface area contributed by atoms with E-state index in [2.05, 4.69) is 52.8 Å². The molecule has 0 amide bonds. The van der Waals surface area contributed by atoms with Gasteiger partial charge in [0.05, 0.1) is 5.52 Å². The second-order valence-electron chi connectivity index (χ2n) is 4.52. The molecule has 0 aliphatic carbocycles. The third-order valence-electron chi connectivity index (χ3n) is 2.89. The molecule has 0 fully saturated rings. The van der Waals surface area contributed by atoms with Gasteiger partial charge >= 0.3 is 0 Å². The van der Waals surface area contributed by atoms with Gasteiger partial charge in [-0.3, -0.25) is 0 Å². The maximum absolute atomic E-state index is 6.04. The zero-order valence-corrected chi connectivity index (χ0v) is 12.6. The minimum atomic E-state index is 0.475. The molecule has 1 N–H and O–H groups in total. The van der Waals surface area contributed by atoms with Crippen LogP contribution < -0.4 is 5.32 Å². The molecule has 0 aliphatic heterocycles. The fraction of sp³-hybridized carbons (Fsp3) is 0.385. The lowest BCUT2D eigenvalue weighted by molar-refractivity contribution is 0.571. The fourth-order valence-electron chi connectivity index (χ4n) is 1.91. The summed E-state index contributed by atoms with van der Waals surface area (Å²) in [5, 5.41) is 5.41. The standard InChI is InChI=1S/C13H16BrClN2/c1-8(2)16-7-12-13(14)10-5-4-9(15)6-11(10)17(12)3/h4-6,8,16H,7H2,1-3H3. The molecule has 0 spiro atoms. The van der Waals surface area contributed by atoms with Crippen LogP contribution in [0, 0.1) is 0 Å². The normalized spacial score (nSPS) is 11.6. The van der Waals surface area contributed by atoms with E-state index in [0.717, 1.165) is 21.6 Å². The van der Waals surface area contributed by atoms with Gasteiger partial charge in [0, 0.05) is 40.2 Å². The molecule has 0 saturated carbocycles. The lowest BCUT2D eigenvalue weighted by Gasteiger charge is -2.09. The van der Waals surface area contributed by atoms with Gasteiger partial charge in [-0.2, -0.15) is 0 Å². The Kier molecular flexibility index (Phi) is 3.81. The van der Waals surface area contributed by atoms with E-state index in [1.54, 1.807) is 0 Å². The molecule has 2 aromatic rings. The molecule has 2 rings (SSSR count). The largest absolute Gasteiger partial charge is 0.345 e. The SMILES string of the molecule is CC(C)NCc1c(Br)c2ccc(Cl)cc2n1C. The highest BCUT2D eigenvalue weighted by Gasteiger charge is 2.13. The topological polar surface area (TPSA) is 17.0 Å². The third-order valence-corrected chi connectivity index (χ3v) is 4.01. The van der Waals surface area contributed by atoms with Crippen LogP contribution in [-0.4, -0.2) is 10.6 Å². The highest BCUT2D eigenvalue weighted by atomic mass is 79.9. The van der Waals surface area contributed by atoms with Crippen molar-refractivity contribution in [1.29, 1.82) is 0 Å². The molecular weight excluding hydrogens is 300 g/mol. The summed E-state index contributed by atoms with van der Waals surface area (Å²) in [5.74, 6) is 0. The number of benzene rings is 1. The molecular formula is C13H16BrClN2. The van der Waals surface area contributed by atoms with Crippen LogP contribution in [0.3, 0.4) is 0 Å². The van der Waals surface area contributed by atoms with Crippen LogP contribution in [-0.2, 0) is 13.6 Å². The summed E-state index contributed by atoms with van der Waals surface area (Å²) in [4.78, 5) is 0. The Hall–Kier alpha value is -0.510. The van der Waals surface area contributed by atoms with E-state index in [0.29, 0.717) is 6.04 Å². The molecule has 0 atom stereocenters. The molecule has 0 unspecified atom stereocenters. The van der Waals surface area contributed by atoms with Gasteiger partial charge in [-0.25, -0.2) is 0 Å². The van der Waals surface area contributed by atoms with Gasteiger partial charge in [0.1, 0.15) is 0 Å².